The highest BCUT2D eigenvalue weighted by Gasteiger charge is 2.30. The largest absolute Gasteiger partial charge is 0.383 e. The van der Waals surface area contributed by atoms with Gasteiger partial charge in [-0.2, -0.15) is 4.31 Å². The van der Waals surface area contributed by atoms with E-state index in [1.165, 1.54) is 4.31 Å². The predicted molar refractivity (Wildman–Crippen MR) is 80.4 cm³/mol. The van der Waals surface area contributed by atoms with E-state index in [-0.39, 0.29) is 24.0 Å². The van der Waals surface area contributed by atoms with E-state index in [0.29, 0.717) is 13.2 Å². The molecular formula is C13H25N3O4S. The second-order valence-corrected chi connectivity index (χ2v) is 6.79. The van der Waals surface area contributed by atoms with Crippen molar-refractivity contribution in [3.63, 3.8) is 0 Å². The highest BCUT2D eigenvalue weighted by Crippen LogP contribution is 2.20. The Hall–Kier alpha value is -0.930. The molecule has 0 fully saturated rings. The van der Waals surface area contributed by atoms with Gasteiger partial charge in [0.15, 0.2) is 0 Å². The van der Waals surface area contributed by atoms with Gasteiger partial charge in [-0.25, -0.2) is 8.42 Å². The van der Waals surface area contributed by atoms with Gasteiger partial charge in [0.05, 0.1) is 13.2 Å². The molecule has 7 nitrogen and oxygen atoms in total. The zero-order valence-electron chi connectivity index (χ0n) is 13.1. The SMILES string of the molecule is COCCN(C(C)COC)S(=O)(=O)c1cc(CN)n(C)c1. The van der Waals surface area contributed by atoms with Gasteiger partial charge < -0.3 is 19.8 Å². The maximum absolute atomic E-state index is 12.8. The number of nitrogens with two attached hydrogens (primary N) is 1. The molecule has 2 N–H and O–H groups in total. The van der Waals surface area contributed by atoms with Gasteiger partial charge in [0.1, 0.15) is 4.90 Å². The Morgan fingerprint density at radius 1 is 1.38 bits per heavy atom. The smallest absolute Gasteiger partial charge is 0.244 e. The molecule has 1 rings (SSSR count). The van der Waals surface area contributed by atoms with E-state index >= 15 is 0 Å². The van der Waals surface area contributed by atoms with Crippen LogP contribution in [-0.2, 0) is 33.1 Å². The van der Waals surface area contributed by atoms with E-state index in [2.05, 4.69) is 0 Å². The van der Waals surface area contributed by atoms with E-state index in [1.807, 2.05) is 6.92 Å². The fourth-order valence-electron chi connectivity index (χ4n) is 2.14. The lowest BCUT2D eigenvalue weighted by atomic mass is 10.3. The molecule has 0 aliphatic heterocycles. The number of hydrogen-bond donors (Lipinski definition) is 1. The number of methoxy groups -OCH3 is 2. The molecule has 0 spiro atoms. The summed E-state index contributed by atoms with van der Waals surface area (Å²) >= 11 is 0. The Morgan fingerprint density at radius 2 is 2.05 bits per heavy atom. The van der Waals surface area contributed by atoms with E-state index in [4.69, 9.17) is 15.2 Å². The first-order chi connectivity index (χ1) is 9.88. The molecule has 0 aliphatic rings. The Balaban J connectivity index is 3.12. The molecule has 0 amide bonds. The lowest BCUT2D eigenvalue weighted by Crippen LogP contribution is -2.42. The summed E-state index contributed by atoms with van der Waals surface area (Å²) in [5.41, 5.74) is 6.37. The first-order valence-corrected chi connectivity index (χ1v) is 8.17. The van der Waals surface area contributed by atoms with Crippen molar-refractivity contribution in [2.24, 2.45) is 12.8 Å². The summed E-state index contributed by atoms with van der Waals surface area (Å²) in [6, 6.07) is 1.32. The van der Waals surface area contributed by atoms with E-state index in [1.54, 1.807) is 38.1 Å². The number of aryl methyl sites for hydroxylation is 1. The van der Waals surface area contributed by atoms with Crippen molar-refractivity contribution in [1.82, 2.24) is 8.87 Å². The minimum Gasteiger partial charge on any atom is -0.383 e. The molecule has 1 unspecified atom stereocenters. The van der Waals surface area contributed by atoms with Gasteiger partial charge in [-0.1, -0.05) is 0 Å². The molecule has 8 heteroatoms. The zero-order chi connectivity index (χ0) is 16.0. The molecule has 0 saturated carbocycles. The Labute approximate surface area is 126 Å². The van der Waals surface area contributed by atoms with Gasteiger partial charge in [0.25, 0.3) is 0 Å². The zero-order valence-corrected chi connectivity index (χ0v) is 13.9. The van der Waals surface area contributed by atoms with Crippen molar-refractivity contribution in [2.75, 3.05) is 34.0 Å². The van der Waals surface area contributed by atoms with Crippen molar-refractivity contribution in [3.8, 4) is 0 Å². The van der Waals surface area contributed by atoms with Crippen molar-refractivity contribution in [2.45, 2.75) is 24.4 Å². The van der Waals surface area contributed by atoms with Crippen LogP contribution in [-0.4, -0.2) is 57.3 Å². The van der Waals surface area contributed by atoms with Gasteiger partial charge in [0.2, 0.25) is 10.0 Å². The molecule has 1 aromatic rings. The van der Waals surface area contributed by atoms with Gasteiger partial charge in [-0.05, 0) is 13.0 Å². The molecule has 1 atom stereocenters. The maximum atomic E-state index is 12.8. The first kappa shape index (κ1) is 18.1. The minimum atomic E-state index is -3.61. The number of sulfonamides is 1. The second-order valence-electron chi connectivity index (χ2n) is 4.90. The summed E-state index contributed by atoms with van der Waals surface area (Å²) in [6.07, 6.45) is 1.58. The van der Waals surface area contributed by atoms with E-state index in [9.17, 15) is 8.42 Å². The lowest BCUT2D eigenvalue weighted by Gasteiger charge is -2.27. The number of hydrogen-bond acceptors (Lipinski definition) is 5. The van der Waals surface area contributed by atoms with E-state index in [0.717, 1.165) is 5.69 Å². The van der Waals surface area contributed by atoms with Crippen molar-refractivity contribution >= 4 is 10.0 Å². The third-order valence-electron chi connectivity index (χ3n) is 3.31. The van der Waals surface area contributed by atoms with Gasteiger partial charge >= 0.3 is 0 Å². The van der Waals surface area contributed by atoms with Crippen molar-refractivity contribution in [1.29, 1.82) is 0 Å². The average molecular weight is 319 g/mol. The monoisotopic (exact) mass is 319 g/mol. The standard InChI is InChI=1S/C13H25N3O4S/c1-11(10-20-4)16(5-6-19-3)21(17,18)13-7-12(8-14)15(2)9-13/h7,9,11H,5-6,8,10,14H2,1-4H3. The molecule has 1 aromatic heterocycles. The molecular weight excluding hydrogens is 294 g/mol. The summed E-state index contributed by atoms with van der Waals surface area (Å²) in [4.78, 5) is 0.240. The van der Waals surface area contributed by atoms with Crippen LogP contribution in [0.3, 0.4) is 0 Å². The number of aromatic nitrogens is 1. The first-order valence-electron chi connectivity index (χ1n) is 6.73. The van der Waals surface area contributed by atoms with E-state index < -0.39 is 10.0 Å². The maximum Gasteiger partial charge on any atom is 0.244 e. The van der Waals surface area contributed by atoms with Crippen LogP contribution in [0.5, 0.6) is 0 Å². The normalized spacial score (nSPS) is 13.8. The molecule has 122 valence electrons. The van der Waals surface area contributed by atoms with Crippen molar-refractivity contribution in [3.05, 3.63) is 18.0 Å². The Kier molecular flexibility index (Phi) is 6.82. The van der Waals surface area contributed by atoms with Gasteiger partial charge in [-0.3, -0.25) is 0 Å². The molecule has 0 radical (unpaired) electrons. The van der Waals surface area contributed by atoms with Crippen LogP contribution in [0, 0.1) is 0 Å². The molecule has 0 aromatic carbocycles. The fourth-order valence-corrected chi connectivity index (χ4v) is 3.84. The fraction of sp³-hybridized carbons (Fsp3) is 0.692. The third-order valence-corrected chi connectivity index (χ3v) is 5.29. The van der Waals surface area contributed by atoms with Crippen LogP contribution >= 0.6 is 0 Å². The average Bonchev–Trinajstić information content (AvgIpc) is 2.81. The summed E-state index contributed by atoms with van der Waals surface area (Å²) in [5, 5.41) is 0. The lowest BCUT2D eigenvalue weighted by molar-refractivity contribution is 0.119. The van der Waals surface area contributed by atoms with Crippen LogP contribution in [0.1, 0.15) is 12.6 Å². The third kappa shape index (κ3) is 4.27. The molecule has 1 heterocycles. The minimum absolute atomic E-state index is 0.240. The summed E-state index contributed by atoms with van der Waals surface area (Å²) < 4.78 is 38.8. The van der Waals surface area contributed by atoms with Crippen LogP contribution in [0.25, 0.3) is 0 Å². The van der Waals surface area contributed by atoms with Crippen LogP contribution in [0.4, 0.5) is 0 Å². The van der Waals surface area contributed by atoms with Gasteiger partial charge in [-0.15, -0.1) is 0 Å². The highest BCUT2D eigenvalue weighted by atomic mass is 32.2. The van der Waals surface area contributed by atoms with Crippen LogP contribution < -0.4 is 5.73 Å². The Bertz CT molecular complexity index is 542. The molecule has 0 aliphatic carbocycles. The van der Waals surface area contributed by atoms with Crippen LogP contribution in [0.2, 0.25) is 0 Å². The topological polar surface area (TPSA) is 86.8 Å². The Morgan fingerprint density at radius 3 is 2.52 bits per heavy atom. The number of nitrogens with zero attached hydrogens (tertiary/aromatic N) is 2. The molecule has 21 heavy (non-hydrogen) atoms. The summed E-state index contributed by atoms with van der Waals surface area (Å²) in [6.45, 7) is 3.01. The van der Waals surface area contributed by atoms with Crippen molar-refractivity contribution < 1.29 is 17.9 Å². The summed E-state index contributed by atoms with van der Waals surface area (Å²) in [5.74, 6) is 0. The second kappa shape index (κ2) is 7.90. The number of rotatable bonds is 9. The van der Waals surface area contributed by atoms with Gasteiger partial charge in [0, 0.05) is 52.3 Å². The quantitative estimate of drug-likeness (QED) is 0.700. The van der Waals surface area contributed by atoms with Crippen LogP contribution in [0.15, 0.2) is 17.2 Å². The highest BCUT2D eigenvalue weighted by molar-refractivity contribution is 7.89. The molecule has 0 saturated heterocycles. The summed E-state index contributed by atoms with van der Waals surface area (Å²) in [7, 11) is 1.26. The molecule has 0 bridgehead atoms. The predicted octanol–water partition coefficient (Wildman–Crippen LogP) is 0.156. The number of ether oxygens (including phenoxy) is 2.